The predicted octanol–water partition coefficient (Wildman–Crippen LogP) is 0.159. The largest absolute Gasteiger partial charge is 0.496 e. The van der Waals surface area contributed by atoms with E-state index in [0.717, 1.165) is 5.56 Å². The molecule has 11 nitrogen and oxygen atoms in total. The quantitative estimate of drug-likeness (QED) is 0.494. The van der Waals surface area contributed by atoms with Crippen LogP contribution in [0.2, 0.25) is 0 Å². The molecule has 36 heavy (non-hydrogen) atoms. The van der Waals surface area contributed by atoms with Crippen LogP contribution < -0.4 is 25.8 Å². The highest BCUT2D eigenvalue weighted by atomic mass is 16.5. The van der Waals surface area contributed by atoms with Crippen molar-refractivity contribution in [3.8, 4) is 22.6 Å². The summed E-state index contributed by atoms with van der Waals surface area (Å²) in [5, 5.41) is 5.15. The zero-order valence-electron chi connectivity index (χ0n) is 20.6. The molecule has 1 heterocycles. The Morgan fingerprint density at radius 3 is 2.28 bits per heavy atom. The van der Waals surface area contributed by atoms with Crippen molar-refractivity contribution >= 4 is 23.7 Å². The topological polar surface area (TPSA) is 149 Å². The molecule has 0 aromatic heterocycles. The first-order chi connectivity index (χ1) is 17.2. The van der Waals surface area contributed by atoms with Gasteiger partial charge in [0.25, 0.3) is 0 Å². The van der Waals surface area contributed by atoms with Gasteiger partial charge in [-0.25, -0.2) is 4.79 Å². The number of carbonyl (C=O) groups excluding carboxylic acids is 4. The van der Waals surface area contributed by atoms with Gasteiger partial charge in [-0.2, -0.15) is 0 Å². The molecule has 1 aliphatic heterocycles. The Balaban J connectivity index is 2.26. The first-order valence-corrected chi connectivity index (χ1v) is 11.2. The summed E-state index contributed by atoms with van der Waals surface area (Å²) >= 11 is 0. The zero-order chi connectivity index (χ0) is 26.4. The molecule has 2 atom stereocenters. The number of methoxy groups -OCH3 is 3. The Bertz CT molecular complexity index is 1170. The molecule has 0 fully saturated rings. The summed E-state index contributed by atoms with van der Waals surface area (Å²) in [5.74, 6) is -1.27. The molecule has 4 N–H and O–H groups in total. The molecular formula is C25H30N4O7. The van der Waals surface area contributed by atoms with Gasteiger partial charge in [0.1, 0.15) is 23.6 Å². The van der Waals surface area contributed by atoms with Gasteiger partial charge in [-0.3, -0.25) is 14.4 Å². The van der Waals surface area contributed by atoms with E-state index in [4.69, 9.17) is 19.9 Å². The second-order valence-electron chi connectivity index (χ2n) is 8.17. The molecule has 3 amide bonds. The number of esters is 1. The van der Waals surface area contributed by atoms with Crippen molar-refractivity contribution in [1.29, 1.82) is 0 Å². The van der Waals surface area contributed by atoms with E-state index in [1.54, 1.807) is 30.3 Å². The maximum absolute atomic E-state index is 13.2. The molecule has 3 rings (SSSR count). The summed E-state index contributed by atoms with van der Waals surface area (Å²) < 4.78 is 16.0. The molecule has 0 aliphatic carbocycles. The van der Waals surface area contributed by atoms with Crippen LogP contribution in [0.5, 0.6) is 11.5 Å². The number of benzene rings is 2. The fourth-order valence-corrected chi connectivity index (χ4v) is 4.12. The van der Waals surface area contributed by atoms with Gasteiger partial charge in [0, 0.05) is 24.6 Å². The van der Waals surface area contributed by atoms with Crippen LogP contribution in [-0.4, -0.2) is 76.1 Å². The first kappa shape index (κ1) is 26.5. The summed E-state index contributed by atoms with van der Waals surface area (Å²) in [5.41, 5.74) is 7.99. The zero-order valence-corrected chi connectivity index (χ0v) is 20.6. The fourth-order valence-electron chi connectivity index (χ4n) is 4.12. The molecule has 0 saturated heterocycles. The predicted molar refractivity (Wildman–Crippen MR) is 130 cm³/mol. The molecular weight excluding hydrogens is 468 g/mol. The number of nitrogens with one attached hydrogen (secondary N) is 2. The third-order valence-corrected chi connectivity index (χ3v) is 5.98. The summed E-state index contributed by atoms with van der Waals surface area (Å²) in [4.78, 5) is 51.9. The van der Waals surface area contributed by atoms with Crippen LogP contribution in [0, 0.1) is 0 Å². The van der Waals surface area contributed by atoms with Crippen LogP contribution in [0.3, 0.4) is 0 Å². The number of nitrogens with two attached hydrogens (primary N) is 1. The Labute approximate surface area is 208 Å². The summed E-state index contributed by atoms with van der Waals surface area (Å²) in [6.45, 7) is -0.717. The van der Waals surface area contributed by atoms with Gasteiger partial charge >= 0.3 is 5.97 Å². The van der Waals surface area contributed by atoms with Crippen molar-refractivity contribution in [2.24, 2.45) is 5.73 Å². The number of likely N-dealkylation sites (N-methyl/N-ethyl adjacent to an activating group) is 1. The lowest BCUT2D eigenvalue weighted by molar-refractivity contribution is -0.145. The summed E-state index contributed by atoms with van der Waals surface area (Å²) in [7, 11) is 5.73. The minimum Gasteiger partial charge on any atom is -0.496 e. The number of hydrogen-bond acceptors (Lipinski definition) is 8. The SMILES string of the molecule is COC(=O)[C@@H]1Cc2ccc(OC)c(c2)-c2cc(ccc2OC)[C@H](N(C)C(=O)CN)C(=O)NCC(=O)N1. The molecule has 192 valence electrons. The maximum Gasteiger partial charge on any atom is 0.328 e. The van der Waals surface area contributed by atoms with E-state index in [-0.39, 0.29) is 13.0 Å². The van der Waals surface area contributed by atoms with Gasteiger partial charge in [-0.05, 0) is 35.4 Å². The average molecular weight is 499 g/mol. The number of fused-ring (bicyclic) bond motifs is 5. The molecule has 0 spiro atoms. The van der Waals surface area contributed by atoms with E-state index >= 15 is 0 Å². The normalized spacial score (nSPS) is 17.7. The van der Waals surface area contributed by atoms with Crippen LogP contribution in [0.25, 0.3) is 11.1 Å². The van der Waals surface area contributed by atoms with E-state index < -0.39 is 42.3 Å². The highest BCUT2D eigenvalue weighted by molar-refractivity contribution is 5.93. The molecule has 2 aromatic carbocycles. The summed E-state index contributed by atoms with van der Waals surface area (Å²) in [6, 6.07) is 8.35. The van der Waals surface area contributed by atoms with Crippen LogP contribution in [0.1, 0.15) is 17.2 Å². The Hall–Kier alpha value is -4.12. The minimum atomic E-state index is -1.09. The first-order valence-electron chi connectivity index (χ1n) is 11.2. The number of rotatable bonds is 5. The molecule has 0 unspecified atom stereocenters. The molecule has 0 saturated carbocycles. The number of amides is 3. The number of ether oxygens (including phenoxy) is 3. The van der Waals surface area contributed by atoms with Crippen LogP contribution in [0.4, 0.5) is 0 Å². The van der Waals surface area contributed by atoms with E-state index in [9.17, 15) is 19.2 Å². The number of hydrogen-bond donors (Lipinski definition) is 3. The Morgan fingerprint density at radius 2 is 1.67 bits per heavy atom. The molecule has 11 heteroatoms. The highest BCUT2D eigenvalue weighted by Crippen LogP contribution is 2.39. The lowest BCUT2D eigenvalue weighted by Crippen LogP contribution is -2.49. The molecule has 1 aliphatic rings. The second kappa shape index (κ2) is 11.5. The second-order valence-corrected chi connectivity index (χ2v) is 8.17. The van der Waals surface area contributed by atoms with Gasteiger partial charge in [0.2, 0.25) is 17.7 Å². The van der Waals surface area contributed by atoms with Crippen LogP contribution in [0.15, 0.2) is 36.4 Å². The van der Waals surface area contributed by atoms with Crippen molar-refractivity contribution in [3.63, 3.8) is 0 Å². The van der Waals surface area contributed by atoms with E-state index in [0.29, 0.717) is 28.2 Å². The van der Waals surface area contributed by atoms with Crippen molar-refractivity contribution in [1.82, 2.24) is 15.5 Å². The van der Waals surface area contributed by atoms with Crippen molar-refractivity contribution in [2.75, 3.05) is 41.5 Å². The van der Waals surface area contributed by atoms with E-state index in [1.165, 1.54) is 33.3 Å². The van der Waals surface area contributed by atoms with Gasteiger partial charge in [0.05, 0.1) is 34.4 Å². The van der Waals surface area contributed by atoms with Gasteiger partial charge < -0.3 is 35.5 Å². The van der Waals surface area contributed by atoms with E-state index in [1.807, 2.05) is 6.07 Å². The summed E-state index contributed by atoms with van der Waals surface area (Å²) in [6.07, 6.45) is 0.141. The maximum atomic E-state index is 13.2. The van der Waals surface area contributed by atoms with Gasteiger partial charge in [-0.15, -0.1) is 0 Å². The number of nitrogens with zero attached hydrogens (tertiary/aromatic N) is 1. The standard InChI is InChI=1S/C25H30N4O7/c1-29(22(31)12-26)23-15-6-8-20(35-3)17(11-15)16-9-14(5-7-19(16)34-2)10-18(25(33)36-4)28-21(30)13-27-24(23)32/h5-9,11,18,23H,10,12-13,26H2,1-4H3,(H,27,32)(H,28,30)/t18-,23-/m0/s1. The number of carbonyl (C=O) groups is 4. The average Bonchev–Trinajstić information content (AvgIpc) is 2.89. The molecule has 0 radical (unpaired) electrons. The smallest absolute Gasteiger partial charge is 0.328 e. The minimum absolute atomic E-state index is 0.141. The van der Waals surface area contributed by atoms with Gasteiger partial charge in [0.15, 0.2) is 0 Å². The molecule has 4 bridgehead atoms. The van der Waals surface area contributed by atoms with Crippen LogP contribution >= 0.6 is 0 Å². The lowest BCUT2D eigenvalue weighted by Gasteiger charge is -2.28. The molecule has 2 aromatic rings. The fraction of sp³-hybridized carbons (Fsp3) is 0.360. The Morgan fingerprint density at radius 1 is 1.03 bits per heavy atom. The monoisotopic (exact) mass is 498 g/mol. The van der Waals surface area contributed by atoms with E-state index in [2.05, 4.69) is 10.6 Å². The van der Waals surface area contributed by atoms with Gasteiger partial charge in [-0.1, -0.05) is 12.1 Å². The third-order valence-electron chi connectivity index (χ3n) is 5.98. The van der Waals surface area contributed by atoms with Crippen molar-refractivity contribution in [3.05, 3.63) is 47.5 Å². The third kappa shape index (κ3) is 5.57. The van der Waals surface area contributed by atoms with Crippen molar-refractivity contribution < 1.29 is 33.4 Å². The van der Waals surface area contributed by atoms with Crippen molar-refractivity contribution in [2.45, 2.75) is 18.5 Å². The lowest BCUT2D eigenvalue weighted by atomic mass is 9.94. The van der Waals surface area contributed by atoms with Crippen LogP contribution in [-0.2, 0) is 30.3 Å². The highest BCUT2D eigenvalue weighted by Gasteiger charge is 2.31. The Kier molecular flexibility index (Phi) is 8.49.